The minimum absolute atomic E-state index is 0.0117. The molecule has 0 radical (unpaired) electrons. The van der Waals surface area contributed by atoms with E-state index < -0.39 is 0 Å². The smallest absolute Gasteiger partial charge is 0.235 e. The zero-order valence-electron chi connectivity index (χ0n) is 15.8. The van der Waals surface area contributed by atoms with Gasteiger partial charge >= 0.3 is 0 Å². The maximum Gasteiger partial charge on any atom is 0.235 e. The fourth-order valence-electron chi connectivity index (χ4n) is 3.27. The highest BCUT2D eigenvalue weighted by Gasteiger charge is 2.24. The second-order valence-electron chi connectivity index (χ2n) is 6.74. The Morgan fingerprint density at radius 2 is 1.86 bits per heavy atom. The van der Waals surface area contributed by atoms with Crippen LogP contribution in [-0.2, 0) is 11.3 Å². The van der Waals surface area contributed by atoms with Gasteiger partial charge in [-0.25, -0.2) is 0 Å². The van der Waals surface area contributed by atoms with Gasteiger partial charge in [-0.15, -0.1) is 10.2 Å². The van der Waals surface area contributed by atoms with Crippen LogP contribution in [0.15, 0.2) is 52.9 Å². The van der Waals surface area contributed by atoms with Crippen molar-refractivity contribution in [3.8, 4) is 11.5 Å². The number of ether oxygens (including phenoxy) is 2. The van der Waals surface area contributed by atoms with Crippen LogP contribution in [0, 0.1) is 6.92 Å². The Morgan fingerprint density at radius 3 is 2.61 bits per heavy atom. The third-order valence-corrected chi connectivity index (χ3v) is 4.75. The molecule has 28 heavy (non-hydrogen) atoms. The minimum Gasteiger partial charge on any atom is -0.454 e. The van der Waals surface area contributed by atoms with Crippen LogP contribution in [0.3, 0.4) is 0 Å². The van der Waals surface area contributed by atoms with E-state index in [-0.39, 0.29) is 25.2 Å². The van der Waals surface area contributed by atoms with Crippen molar-refractivity contribution in [3.05, 3.63) is 71.4 Å². The van der Waals surface area contributed by atoms with Gasteiger partial charge in [-0.3, -0.25) is 4.79 Å². The molecule has 0 aliphatic carbocycles. The van der Waals surface area contributed by atoms with Gasteiger partial charge in [0.05, 0.1) is 6.54 Å². The van der Waals surface area contributed by atoms with Gasteiger partial charge in [-0.05, 0) is 23.3 Å². The van der Waals surface area contributed by atoms with Gasteiger partial charge in [0.15, 0.2) is 11.5 Å². The average Bonchev–Trinajstić information content (AvgIpc) is 3.34. The average molecular weight is 379 g/mol. The highest BCUT2D eigenvalue weighted by atomic mass is 16.7. The lowest BCUT2D eigenvalue weighted by Crippen LogP contribution is -2.28. The van der Waals surface area contributed by atoms with Gasteiger partial charge in [0, 0.05) is 26.3 Å². The Labute approximate surface area is 162 Å². The van der Waals surface area contributed by atoms with Crippen LogP contribution in [-0.4, -0.2) is 34.8 Å². The Bertz CT molecular complexity index is 971. The van der Waals surface area contributed by atoms with Crippen LogP contribution in [0.25, 0.3) is 0 Å². The van der Waals surface area contributed by atoms with E-state index in [0.29, 0.717) is 24.0 Å². The molecule has 3 aromatic rings. The van der Waals surface area contributed by atoms with Crippen LogP contribution in [0.4, 0.5) is 0 Å². The summed E-state index contributed by atoms with van der Waals surface area (Å²) in [6.07, 6.45) is 0.313. The van der Waals surface area contributed by atoms with E-state index in [9.17, 15) is 4.79 Å². The van der Waals surface area contributed by atoms with Crippen molar-refractivity contribution in [3.63, 3.8) is 0 Å². The molecule has 2 heterocycles. The molecular weight excluding hydrogens is 358 g/mol. The molecule has 0 saturated carbocycles. The van der Waals surface area contributed by atoms with Crippen molar-refractivity contribution in [1.29, 1.82) is 0 Å². The Kier molecular flexibility index (Phi) is 4.97. The molecule has 7 heteroatoms. The van der Waals surface area contributed by atoms with Crippen molar-refractivity contribution in [1.82, 2.24) is 15.1 Å². The number of carbonyl (C=O) groups is 1. The molecule has 7 nitrogen and oxygen atoms in total. The number of rotatable bonds is 6. The molecule has 0 saturated heterocycles. The van der Waals surface area contributed by atoms with Gasteiger partial charge in [-0.1, -0.05) is 36.4 Å². The summed E-state index contributed by atoms with van der Waals surface area (Å²) < 4.78 is 16.3. The molecule has 144 valence electrons. The Morgan fingerprint density at radius 1 is 1.07 bits per heavy atom. The van der Waals surface area contributed by atoms with Gasteiger partial charge < -0.3 is 18.8 Å². The lowest BCUT2D eigenvalue weighted by molar-refractivity contribution is -0.130. The summed E-state index contributed by atoms with van der Waals surface area (Å²) in [5, 5.41) is 7.77. The van der Waals surface area contributed by atoms with Crippen molar-refractivity contribution < 1.29 is 18.7 Å². The monoisotopic (exact) mass is 379 g/mol. The molecular formula is C21H21N3O4. The van der Waals surface area contributed by atoms with E-state index in [1.807, 2.05) is 48.5 Å². The van der Waals surface area contributed by atoms with Crippen molar-refractivity contribution >= 4 is 5.91 Å². The fraction of sp³-hybridized carbons (Fsp3) is 0.286. The van der Waals surface area contributed by atoms with E-state index in [4.69, 9.17) is 13.9 Å². The standard InChI is InChI=1S/C21H21N3O4/c1-14-22-23-20(28-14)12-24(2)21(25)11-17(15-6-4-3-5-7-15)16-8-9-18-19(10-16)27-13-26-18/h3-10,17H,11-13H2,1-2H3. The zero-order valence-corrected chi connectivity index (χ0v) is 15.8. The summed E-state index contributed by atoms with van der Waals surface area (Å²) >= 11 is 0. The largest absolute Gasteiger partial charge is 0.454 e. The predicted molar refractivity (Wildman–Crippen MR) is 101 cm³/mol. The topological polar surface area (TPSA) is 77.7 Å². The maximum atomic E-state index is 12.9. The van der Waals surface area contributed by atoms with E-state index in [1.165, 1.54) is 0 Å². The fourth-order valence-corrected chi connectivity index (χ4v) is 3.27. The van der Waals surface area contributed by atoms with Crippen LogP contribution in [0.1, 0.15) is 35.2 Å². The second kappa shape index (κ2) is 7.72. The highest BCUT2D eigenvalue weighted by molar-refractivity contribution is 5.77. The number of fused-ring (bicyclic) bond motifs is 1. The first-order valence-corrected chi connectivity index (χ1v) is 9.07. The molecule has 0 N–H and O–H groups in total. The third kappa shape index (κ3) is 3.83. The van der Waals surface area contributed by atoms with E-state index in [2.05, 4.69) is 10.2 Å². The summed E-state index contributed by atoms with van der Waals surface area (Å²) in [4.78, 5) is 14.5. The lowest BCUT2D eigenvalue weighted by atomic mass is 9.88. The van der Waals surface area contributed by atoms with Crippen molar-refractivity contribution in [2.75, 3.05) is 13.8 Å². The van der Waals surface area contributed by atoms with Gasteiger partial charge in [0.25, 0.3) is 0 Å². The van der Waals surface area contributed by atoms with Crippen LogP contribution >= 0.6 is 0 Å². The minimum atomic E-state index is -0.102. The summed E-state index contributed by atoms with van der Waals surface area (Å²) in [5.41, 5.74) is 2.07. The third-order valence-electron chi connectivity index (χ3n) is 4.75. The summed E-state index contributed by atoms with van der Waals surface area (Å²) in [6.45, 7) is 2.23. The first-order chi connectivity index (χ1) is 13.6. The molecule has 0 fully saturated rings. The molecule has 0 spiro atoms. The lowest BCUT2D eigenvalue weighted by Gasteiger charge is -2.22. The molecule has 1 unspecified atom stereocenters. The second-order valence-corrected chi connectivity index (χ2v) is 6.74. The first kappa shape index (κ1) is 18.0. The molecule has 1 aliphatic rings. The summed E-state index contributed by atoms with van der Waals surface area (Å²) in [5.74, 6) is 2.23. The van der Waals surface area contributed by atoms with Gasteiger partial charge in [-0.2, -0.15) is 0 Å². The summed E-state index contributed by atoms with van der Waals surface area (Å²) in [7, 11) is 1.74. The number of hydrogen-bond donors (Lipinski definition) is 0. The van der Waals surface area contributed by atoms with Crippen LogP contribution < -0.4 is 9.47 Å². The molecule has 2 aromatic carbocycles. The van der Waals surface area contributed by atoms with Crippen molar-refractivity contribution in [2.45, 2.75) is 25.8 Å². The molecule has 1 aromatic heterocycles. The van der Waals surface area contributed by atoms with E-state index in [1.54, 1.807) is 18.9 Å². The molecule has 1 aliphatic heterocycles. The number of carbonyl (C=O) groups excluding carboxylic acids is 1. The molecule has 1 atom stereocenters. The number of aryl methyl sites for hydroxylation is 1. The van der Waals surface area contributed by atoms with Crippen LogP contribution in [0.2, 0.25) is 0 Å². The zero-order chi connectivity index (χ0) is 19.5. The normalized spacial score (nSPS) is 13.4. The maximum absolute atomic E-state index is 12.9. The predicted octanol–water partition coefficient (Wildman–Crippen LogP) is 3.29. The molecule has 4 rings (SSSR count). The van der Waals surface area contributed by atoms with E-state index in [0.717, 1.165) is 16.9 Å². The number of hydrogen-bond acceptors (Lipinski definition) is 6. The Hall–Kier alpha value is -3.35. The van der Waals surface area contributed by atoms with Gasteiger partial charge in [0.1, 0.15) is 0 Å². The SMILES string of the molecule is Cc1nnc(CN(C)C(=O)CC(c2ccccc2)c2ccc3c(c2)OCO3)o1. The van der Waals surface area contributed by atoms with Crippen molar-refractivity contribution in [2.24, 2.45) is 0 Å². The molecule has 0 bridgehead atoms. The first-order valence-electron chi connectivity index (χ1n) is 9.07. The quantitative estimate of drug-likeness (QED) is 0.654. The van der Waals surface area contributed by atoms with Gasteiger partial charge in [0.2, 0.25) is 24.5 Å². The van der Waals surface area contributed by atoms with Crippen LogP contribution in [0.5, 0.6) is 11.5 Å². The number of nitrogens with zero attached hydrogens (tertiary/aromatic N) is 3. The number of amides is 1. The number of aromatic nitrogens is 2. The summed E-state index contributed by atoms with van der Waals surface area (Å²) in [6, 6.07) is 15.8. The molecule has 1 amide bonds. The van der Waals surface area contributed by atoms with E-state index >= 15 is 0 Å². The highest BCUT2D eigenvalue weighted by Crippen LogP contribution is 2.37. The Balaban J connectivity index is 1.56. The number of benzene rings is 2.